The molecule has 48 heavy (non-hydrogen) atoms. The van der Waals surface area contributed by atoms with Crippen molar-refractivity contribution in [3.63, 3.8) is 0 Å². The fourth-order valence-corrected chi connectivity index (χ4v) is 5.31. The smallest absolute Gasteiger partial charge is 0.262 e. The third-order valence-electron chi connectivity index (χ3n) is 7.02. The SMILES string of the molecule is C=CCc1cc(/C=N\NC(=O)[C@@H](Cc2ccccc2)NC(=O)[C@H](C)Oc2ccc(Cl)cc2Cl)cc(OCC)c1OCc1ccccc1Cl. The minimum atomic E-state index is -0.961. The maximum absolute atomic E-state index is 13.4. The van der Waals surface area contributed by atoms with Crippen molar-refractivity contribution in [3.05, 3.63) is 135 Å². The molecule has 4 aromatic rings. The number of carbonyl (C=O) groups excluding carboxylic acids is 2. The molecule has 4 rings (SSSR count). The van der Waals surface area contributed by atoms with Gasteiger partial charge < -0.3 is 19.5 Å². The maximum Gasteiger partial charge on any atom is 0.262 e. The molecule has 8 nitrogen and oxygen atoms in total. The molecule has 0 radical (unpaired) electrons. The molecule has 0 saturated heterocycles. The van der Waals surface area contributed by atoms with Gasteiger partial charge in [-0.25, -0.2) is 5.43 Å². The van der Waals surface area contributed by atoms with E-state index in [0.29, 0.717) is 45.9 Å². The molecule has 0 fully saturated rings. The first-order valence-electron chi connectivity index (χ1n) is 15.2. The minimum absolute atomic E-state index is 0.220. The Morgan fingerprint density at radius 3 is 2.33 bits per heavy atom. The number of rotatable bonds is 16. The second kappa shape index (κ2) is 18.2. The molecule has 4 aromatic carbocycles. The first-order chi connectivity index (χ1) is 23.2. The van der Waals surface area contributed by atoms with Gasteiger partial charge in [0, 0.05) is 27.6 Å². The molecule has 0 aromatic heterocycles. The highest BCUT2D eigenvalue weighted by Crippen LogP contribution is 2.35. The quantitative estimate of drug-likeness (QED) is 0.0699. The molecular weight excluding hydrogens is 673 g/mol. The molecule has 0 aliphatic heterocycles. The zero-order valence-electron chi connectivity index (χ0n) is 26.6. The van der Waals surface area contributed by atoms with Crippen molar-refractivity contribution in [2.75, 3.05) is 6.61 Å². The molecule has 2 atom stereocenters. The molecule has 0 spiro atoms. The fraction of sp³-hybridized carbons (Fsp3) is 0.216. The molecule has 0 aliphatic rings. The molecule has 2 N–H and O–H groups in total. The lowest BCUT2D eigenvalue weighted by Gasteiger charge is -2.21. The van der Waals surface area contributed by atoms with Gasteiger partial charge in [0.2, 0.25) is 0 Å². The topological polar surface area (TPSA) is 98.3 Å². The molecule has 2 amide bonds. The summed E-state index contributed by atoms with van der Waals surface area (Å²) in [6, 6.07) is 24.2. The molecular formula is C37H36Cl3N3O5. The predicted molar refractivity (Wildman–Crippen MR) is 192 cm³/mol. The van der Waals surface area contributed by atoms with Crippen molar-refractivity contribution in [1.82, 2.24) is 10.7 Å². The number of halogens is 3. The van der Waals surface area contributed by atoms with Crippen molar-refractivity contribution >= 4 is 52.8 Å². The Morgan fingerprint density at radius 2 is 1.62 bits per heavy atom. The summed E-state index contributed by atoms with van der Waals surface area (Å²) in [7, 11) is 0. The van der Waals surface area contributed by atoms with Crippen LogP contribution >= 0.6 is 34.8 Å². The van der Waals surface area contributed by atoms with Crippen molar-refractivity contribution in [2.45, 2.75) is 45.4 Å². The van der Waals surface area contributed by atoms with Crippen LogP contribution in [0, 0.1) is 0 Å². The van der Waals surface area contributed by atoms with Gasteiger partial charge in [-0.15, -0.1) is 6.58 Å². The van der Waals surface area contributed by atoms with Gasteiger partial charge in [-0.05, 0) is 67.8 Å². The van der Waals surface area contributed by atoms with Crippen LogP contribution in [0.1, 0.15) is 36.1 Å². The maximum atomic E-state index is 13.4. The summed E-state index contributed by atoms with van der Waals surface area (Å²) >= 11 is 18.5. The van der Waals surface area contributed by atoms with Crippen molar-refractivity contribution in [1.29, 1.82) is 0 Å². The summed E-state index contributed by atoms with van der Waals surface area (Å²) < 4.78 is 17.9. The molecule has 0 unspecified atom stereocenters. The average molecular weight is 709 g/mol. The third kappa shape index (κ3) is 10.5. The Kier molecular flexibility index (Phi) is 13.7. The molecule has 0 saturated carbocycles. The van der Waals surface area contributed by atoms with Gasteiger partial charge in [0.1, 0.15) is 18.4 Å². The normalized spacial score (nSPS) is 12.2. The van der Waals surface area contributed by atoms with Gasteiger partial charge in [0.25, 0.3) is 11.8 Å². The van der Waals surface area contributed by atoms with E-state index in [1.165, 1.54) is 12.3 Å². The van der Waals surface area contributed by atoms with E-state index in [0.717, 1.165) is 16.7 Å². The number of amides is 2. The van der Waals surface area contributed by atoms with Crippen LogP contribution in [0.25, 0.3) is 0 Å². The number of hydrazone groups is 1. The van der Waals surface area contributed by atoms with Gasteiger partial charge in [-0.3, -0.25) is 9.59 Å². The van der Waals surface area contributed by atoms with E-state index in [-0.39, 0.29) is 18.1 Å². The zero-order valence-corrected chi connectivity index (χ0v) is 28.8. The lowest BCUT2D eigenvalue weighted by Crippen LogP contribution is -2.50. The van der Waals surface area contributed by atoms with Gasteiger partial charge in [0.05, 0.1) is 17.8 Å². The third-order valence-corrected chi connectivity index (χ3v) is 7.92. The number of nitrogens with zero attached hydrogens (tertiary/aromatic N) is 1. The van der Waals surface area contributed by atoms with Crippen LogP contribution in [0.15, 0.2) is 103 Å². The number of nitrogens with one attached hydrogen (secondary N) is 2. The summed E-state index contributed by atoms with van der Waals surface area (Å²) in [6.07, 6.45) is 3.02. The van der Waals surface area contributed by atoms with Crippen LogP contribution in [0.4, 0.5) is 0 Å². The predicted octanol–water partition coefficient (Wildman–Crippen LogP) is 8.00. The number of carbonyl (C=O) groups is 2. The fourth-order valence-electron chi connectivity index (χ4n) is 4.67. The van der Waals surface area contributed by atoms with Crippen LogP contribution in [0.3, 0.4) is 0 Å². The highest BCUT2D eigenvalue weighted by atomic mass is 35.5. The highest BCUT2D eigenvalue weighted by Gasteiger charge is 2.25. The minimum Gasteiger partial charge on any atom is -0.490 e. The van der Waals surface area contributed by atoms with E-state index in [2.05, 4.69) is 22.4 Å². The monoisotopic (exact) mass is 707 g/mol. The Labute approximate surface area is 295 Å². The van der Waals surface area contributed by atoms with E-state index >= 15 is 0 Å². The van der Waals surface area contributed by atoms with Gasteiger partial charge in [-0.2, -0.15) is 5.10 Å². The standard InChI is InChI=1S/C37H36Cl3N3O5/c1-4-11-27-18-26(20-34(46-5-2)35(27)47-23-28-14-9-10-15-30(28)39)22-41-43-37(45)32(19-25-12-7-6-8-13-25)42-36(44)24(3)48-33-17-16-29(38)21-31(33)40/h4,6-10,12-18,20-22,24,32H,1,5,11,19,23H2,2-3H3,(H,42,44)(H,43,45)/b41-22-/t24-,32+/m0/s1. The van der Waals surface area contributed by atoms with Crippen LogP contribution in [0.5, 0.6) is 17.2 Å². The van der Waals surface area contributed by atoms with E-state index in [4.69, 9.17) is 49.0 Å². The zero-order chi connectivity index (χ0) is 34.5. The van der Waals surface area contributed by atoms with Gasteiger partial charge in [-0.1, -0.05) is 89.4 Å². The second-order valence-corrected chi connectivity index (χ2v) is 11.9. The van der Waals surface area contributed by atoms with Crippen LogP contribution in [-0.2, 0) is 29.0 Å². The average Bonchev–Trinajstić information content (AvgIpc) is 3.06. The number of benzene rings is 4. The van der Waals surface area contributed by atoms with E-state index in [1.54, 1.807) is 31.2 Å². The Hall–Kier alpha value is -4.50. The van der Waals surface area contributed by atoms with Crippen LogP contribution in [-0.4, -0.2) is 36.8 Å². The summed E-state index contributed by atoms with van der Waals surface area (Å²) in [4.78, 5) is 26.6. The van der Waals surface area contributed by atoms with E-state index in [1.807, 2.05) is 67.6 Å². The molecule has 0 heterocycles. The number of allylic oxidation sites excluding steroid dienone is 1. The number of hydrogen-bond acceptors (Lipinski definition) is 6. The van der Waals surface area contributed by atoms with Crippen LogP contribution in [0.2, 0.25) is 15.1 Å². The van der Waals surface area contributed by atoms with E-state index in [9.17, 15) is 9.59 Å². The summed E-state index contributed by atoms with van der Waals surface area (Å²) in [6.45, 7) is 7.97. The van der Waals surface area contributed by atoms with Crippen molar-refractivity contribution < 1.29 is 23.8 Å². The highest BCUT2D eigenvalue weighted by molar-refractivity contribution is 6.35. The first-order valence-corrected chi connectivity index (χ1v) is 16.4. The number of ether oxygens (including phenoxy) is 3. The summed E-state index contributed by atoms with van der Waals surface area (Å²) in [5.41, 5.74) is 5.73. The molecule has 0 bridgehead atoms. The number of hydrogen-bond donors (Lipinski definition) is 2. The van der Waals surface area contributed by atoms with Gasteiger partial charge in [0.15, 0.2) is 17.6 Å². The molecule has 0 aliphatic carbocycles. The Bertz CT molecular complexity index is 1750. The lowest BCUT2D eigenvalue weighted by atomic mass is 10.1. The summed E-state index contributed by atoms with van der Waals surface area (Å²) in [5, 5.41) is 8.29. The van der Waals surface area contributed by atoms with Gasteiger partial charge >= 0.3 is 0 Å². The Balaban J connectivity index is 1.50. The van der Waals surface area contributed by atoms with Crippen LogP contribution < -0.4 is 25.0 Å². The van der Waals surface area contributed by atoms with Crippen molar-refractivity contribution in [2.24, 2.45) is 5.10 Å². The molecule has 250 valence electrons. The van der Waals surface area contributed by atoms with E-state index < -0.39 is 24.0 Å². The van der Waals surface area contributed by atoms with Crippen molar-refractivity contribution in [3.8, 4) is 17.2 Å². The lowest BCUT2D eigenvalue weighted by molar-refractivity contribution is -0.132. The largest absolute Gasteiger partial charge is 0.490 e. The Morgan fingerprint density at radius 1 is 0.875 bits per heavy atom. The summed E-state index contributed by atoms with van der Waals surface area (Å²) in [5.74, 6) is 0.348. The molecule has 11 heteroatoms. The first kappa shape index (κ1) is 36.3. The second-order valence-electron chi connectivity index (χ2n) is 10.6.